The second-order valence-electron chi connectivity index (χ2n) is 8.81. The van der Waals surface area contributed by atoms with Gasteiger partial charge in [0.1, 0.15) is 5.75 Å². The second-order valence-corrected chi connectivity index (χ2v) is 8.81. The minimum Gasteiger partial charge on any atom is -0.461 e. The number of nitrogens with zero attached hydrogens (tertiary/aromatic N) is 1. The molecule has 0 aromatic heterocycles. The molecule has 2 aliphatic heterocycles. The van der Waals surface area contributed by atoms with Crippen LogP contribution in [0.4, 0.5) is 5.69 Å². The van der Waals surface area contributed by atoms with Gasteiger partial charge >= 0.3 is 0 Å². The van der Waals surface area contributed by atoms with Crippen molar-refractivity contribution >= 4 is 11.4 Å². The molecule has 3 aromatic rings. The van der Waals surface area contributed by atoms with Crippen LogP contribution in [0.3, 0.4) is 0 Å². The third-order valence-corrected chi connectivity index (χ3v) is 7.44. The summed E-state index contributed by atoms with van der Waals surface area (Å²) >= 11 is 0. The summed E-state index contributed by atoms with van der Waals surface area (Å²) in [5.74, 6) is 1.50. The minimum absolute atomic E-state index is 0.415. The Balaban J connectivity index is 1.57. The first-order valence-corrected chi connectivity index (χ1v) is 10.8. The predicted octanol–water partition coefficient (Wildman–Crippen LogP) is 6.06. The molecule has 2 heterocycles. The Bertz CT molecular complexity index is 1190. The van der Waals surface area contributed by atoms with Crippen LogP contribution in [0.25, 0.3) is 5.70 Å². The van der Waals surface area contributed by atoms with E-state index in [0.717, 1.165) is 25.0 Å². The first-order chi connectivity index (χ1) is 14.4. The standard InChI is InChI=1S/C27H23NO/c1-3-9-22-18(7-1)13-14-20-17-21-16-15-19-8-2-4-10-23(19)27(21)28(26(20)22)24-11-5-6-12-25(24)29-27/h1-12,21H,13-17H2/t21-,27+/m0/s1. The van der Waals surface area contributed by atoms with Gasteiger partial charge in [0.15, 0.2) is 0 Å². The van der Waals surface area contributed by atoms with Crippen LogP contribution in [-0.4, -0.2) is 0 Å². The van der Waals surface area contributed by atoms with E-state index in [1.54, 1.807) is 5.57 Å². The molecule has 7 rings (SSSR count). The van der Waals surface area contributed by atoms with Crippen molar-refractivity contribution in [3.05, 3.63) is 101 Å². The third kappa shape index (κ3) is 1.92. The van der Waals surface area contributed by atoms with Gasteiger partial charge in [-0.3, -0.25) is 4.90 Å². The van der Waals surface area contributed by atoms with Crippen molar-refractivity contribution in [2.75, 3.05) is 4.90 Å². The Hall–Kier alpha value is -3.00. The lowest BCUT2D eigenvalue weighted by atomic mass is 9.68. The number of ether oxygens (including phenoxy) is 1. The molecule has 0 amide bonds. The number of para-hydroxylation sites is 2. The van der Waals surface area contributed by atoms with Crippen molar-refractivity contribution in [2.45, 2.75) is 37.8 Å². The van der Waals surface area contributed by atoms with E-state index < -0.39 is 5.72 Å². The molecule has 0 saturated carbocycles. The first kappa shape index (κ1) is 15.9. The first-order valence-electron chi connectivity index (χ1n) is 10.8. The van der Waals surface area contributed by atoms with Crippen LogP contribution < -0.4 is 9.64 Å². The average molecular weight is 377 g/mol. The SMILES string of the molecule is c1ccc2c(c1)CCC1=C2N2c3ccccc3O[C@]23c2ccccc2CC[C@H]3C1. The molecule has 29 heavy (non-hydrogen) atoms. The van der Waals surface area contributed by atoms with E-state index in [2.05, 4.69) is 77.7 Å². The average Bonchev–Trinajstić information content (AvgIpc) is 3.13. The van der Waals surface area contributed by atoms with Crippen molar-refractivity contribution in [2.24, 2.45) is 5.92 Å². The van der Waals surface area contributed by atoms with Crippen LogP contribution in [0.1, 0.15) is 41.5 Å². The van der Waals surface area contributed by atoms with E-state index in [1.165, 1.54) is 46.5 Å². The molecule has 1 spiro atoms. The molecule has 0 fully saturated rings. The molecule has 0 bridgehead atoms. The summed E-state index contributed by atoms with van der Waals surface area (Å²) in [4.78, 5) is 2.59. The van der Waals surface area contributed by atoms with Crippen LogP contribution in [0, 0.1) is 5.92 Å². The van der Waals surface area contributed by atoms with E-state index in [1.807, 2.05) is 0 Å². The van der Waals surface area contributed by atoms with Gasteiger partial charge in [0, 0.05) is 17.0 Å². The highest BCUT2D eigenvalue weighted by Crippen LogP contribution is 2.62. The van der Waals surface area contributed by atoms with Crippen molar-refractivity contribution in [3.63, 3.8) is 0 Å². The number of benzene rings is 3. The molecular weight excluding hydrogens is 354 g/mol. The molecular formula is C27H23NO. The summed E-state index contributed by atoms with van der Waals surface area (Å²) in [6.45, 7) is 0. The van der Waals surface area contributed by atoms with Gasteiger partial charge in [-0.2, -0.15) is 0 Å². The Morgan fingerprint density at radius 2 is 1.59 bits per heavy atom. The molecule has 2 atom stereocenters. The van der Waals surface area contributed by atoms with E-state index in [-0.39, 0.29) is 0 Å². The largest absolute Gasteiger partial charge is 0.461 e. The van der Waals surface area contributed by atoms with Gasteiger partial charge in [-0.05, 0) is 60.9 Å². The highest BCUT2D eigenvalue weighted by atomic mass is 16.5. The topological polar surface area (TPSA) is 12.5 Å². The fraction of sp³-hybridized carbons (Fsp3) is 0.259. The fourth-order valence-electron chi connectivity index (χ4n) is 6.26. The number of allylic oxidation sites excluding steroid dienone is 1. The molecule has 2 nitrogen and oxygen atoms in total. The van der Waals surface area contributed by atoms with E-state index in [0.29, 0.717) is 5.92 Å². The second kappa shape index (κ2) is 5.54. The lowest BCUT2D eigenvalue weighted by molar-refractivity contribution is 0.0104. The van der Waals surface area contributed by atoms with Gasteiger partial charge < -0.3 is 4.74 Å². The normalized spacial score (nSPS) is 25.8. The molecule has 0 radical (unpaired) electrons. The maximum atomic E-state index is 6.98. The quantitative estimate of drug-likeness (QED) is 0.472. The third-order valence-electron chi connectivity index (χ3n) is 7.44. The maximum absolute atomic E-state index is 6.98. The zero-order valence-corrected chi connectivity index (χ0v) is 16.4. The molecule has 2 heteroatoms. The molecule has 0 unspecified atom stereocenters. The van der Waals surface area contributed by atoms with Crippen LogP contribution in [0.5, 0.6) is 5.75 Å². The van der Waals surface area contributed by atoms with Gasteiger partial charge in [0.2, 0.25) is 5.72 Å². The zero-order valence-electron chi connectivity index (χ0n) is 16.4. The van der Waals surface area contributed by atoms with E-state index in [9.17, 15) is 0 Å². The van der Waals surface area contributed by atoms with Crippen LogP contribution in [-0.2, 0) is 18.6 Å². The highest BCUT2D eigenvalue weighted by molar-refractivity contribution is 5.90. The van der Waals surface area contributed by atoms with Crippen LogP contribution in [0.15, 0.2) is 78.4 Å². The Kier molecular flexibility index (Phi) is 3.03. The molecule has 3 aromatic carbocycles. The number of fused-ring (bicyclic) bond motifs is 6. The van der Waals surface area contributed by atoms with Crippen LogP contribution >= 0.6 is 0 Å². The summed E-state index contributed by atoms with van der Waals surface area (Å²) < 4.78 is 6.98. The van der Waals surface area contributed by atoms with Crippen LogP contribution in [0.2, 0.25) is 0 Å². The Labute approximate surface area is 171 Å². The van der Waals surface area contributed by atoms with Gasteiger partial charge in [0.05, 0.1) is 11.4 Å². The van der Waals surface area contributed by atoms with Crippen molar-refractivity contribution in [3.8, 4) is 5.75 Å². The summed E-state index contributed by atoms with van der Waals surface area (Å²) in [5.41, 5.74) is 9.49. The van der Waals surface area contributed by atoms with Crippen molar-refractivity contribution < 1.29 is 4.74 Å². The summed E-state index contributed by atoms with van der Waals surface area (Å²) in [5, 5.41) is 0. The maximum Gasteiger partial charge on any atom is 0.217 e. The van der Waals surface area contributed by atoms with Gasteiger partial charge in [0.25, 0.3) is 0 Å². The molecule has 4 aliphatic rings. The number of hydrogen-bond acceptors (Lipinski definition) is 2. The minimum atomic E-state index is -0.415. The van der Waals surface area contributed by atoms with Crippen molar-refractivity contribution in [1.82, 2.24) is 0 Å². The summed E-state index contributed by atoms with van der Waals surface area (Å²) in [6.07, 6.45) is 5.79. The van der Waals surface area contributed by atoms with E-state index in [4.69, 9.17) is 4.74 Å². The molecule has 0 saturated heterocycles. The van der Waals surface area contributed by atoms with Gasteiger partial charge in [-0.15, -0.1) is 0 Å². The number of anilines is 1. The van der Waals surface area contributed by atoms with Crippen molar-refractivity contribution in [1.29, 1.82) is 0 Å². The number of hydrogen-bond donors (Lipinski definition) is 0. The van der Waals surface area contributed by atoms with E-state index >= 15 is 0 Å². The number of aryl methyl sites for hydroxylation is 2. The summed E-state index contributed by atoms with van der Waals surface area (Å²) in [7, 11) is 0. The Morgan fingerprint density at radius 1 is 0.793 bits per heavy atom. The van der Waals surface area contributed by atoms with Gasteiger partial charge in [-0.25, -0.2) is 0 Å². The highest BCUT2D eigenvalue weighted by Gasteiger charge is 2.59. The zero-order chi connectivity index (χ0) is 19.0. The predicted molar refractivity (Wildman–Crippen MR) is 116 cm³/mol. The molecule has 0 N–H and O–H groups in total. The fourth-order valence-corrected chi connectivity index (χ4v) is 6.26. The smallest absolute Gasteiger partial charge is 0.217 e. The molecule has 142 valence electrons. The lowest BCUT2D eigenvalue weighted by Gasteiger charge is -2.53. The van der Waals surface area contributed by atoms with Gasteiger partial charge in [-0.1, -0.05) is 60.7 Å². The molecule has 2 aliphatic carbocycles. The summed E-state index contributed by atoms with van der Waals surface area (Å²) in [6, 6.07) is 26.6. The number of rotatable bonds is 0. The monoisotopic (exact) mass is 377 g/mol. The Morgan fingerprint density at radius 3 is 2.55 bits per heavy atom. The lowest BCUT2D eigenvalue weighted by Crippen LogP contribution is -2.56.